The molecule has 1 aromatic heterocycles. The standard InChI is InChI=1S/C15H17N3O2/c1-12(11-20-14-6-4-3-5-7-14)17-10-13-8-9-16-15(18-13)19-2/h3-10,12H,11H2,1-2H3. The first-order valence-electron chi connectivity index (χ1n) is 6.36. The first-order valence-corrected chi connectivity index (χ1v) is 6.36. The van der Waals surface area contributed by atoms with E-state index in [9.17, 15) is 0 Å². The van der Waals surface area contributed by atoms with Gasteiger partial charge in [0.1, 0.15) is 12.4 Å². The average Bonchev–Trinajstić information content (AvgIpc) is 2.52. The Morgan fingerprint density at radius 2 is 2.05 bits per heavy atom. The van der Waals surface area contributed by atoms with Crippen LogP contribution in [-0.4, -0.2) is 35.9 Å². The van der Waals surface area contributed by atoms with Crippen LogP contribution in [0.3, 0.4) is 0 Å². The third-order valence-corrected chi connectivity index (χ3v) is 2.53. The van der Waals surface area contributed by atoms with E-state index in [1.54, 1.807) is 18.5 Å². The van der Waals surface area contributed by atoms with Gasteiger partial charge in [-0.15, -0.1) is 0 Å². The summed E-state index contributed by atoms with van der Waals surface area (Å²) in [5, 5.41) is 0. The number of aromatic nitrogens is 2. The molecule has 2 rings (SSSR count). The topological polar surface area (TPSA) is 56.6 Å². The van der Waals surface area contributed by atoms with E-state index in [-0.39, 0.29) is 6.04 Å². The summed E-state index contributed by atoms with van der Waals surface area (Å²) in [6.45, 7) is 2.50. The van der Waals surface area contributed by atoms with Gasteiger partial charge in [0, 0.05) is 12.4 Å². The minimum Gasteiger partial charge on any atom is -0.491 e. The lowest BCUT2D eigenvalue weighted by atomic mass is 10.3. The Kier molecular flexibility index (Phi) is 5.06. The predicted octanol–water partition coefficient (Wildman–Crippen LogP) is 2.37. The van der Waals surface area contributed by atoms with Crippen molar-refractivity contribution in [1.82, 2.24) is 9.97 Å². The summed E-state index contributed by atoms with van der Waals surface area (Å²) in [7, 11) is 1.53. The van der Waals surface area contributed by atoms with Crippen LogP contribution in [0.25, 0.3) is 0 Å². The molecule has 5 heteroatoms. The van der Waals surface area contributed by atoms with Crippen molar-refractivity contribution in [2.24, 2.45) is 4.99 Å². The van der Waals surface area contributed by atoms with Crippen LogP contribution < -0.4 is 9.47 Å². The number of hydrogen-bond donors (Lipinski definition) is 0. The highest BCUT2D eigenvalue weighted by molar-refractivity contribution is 5.76. The number of ether oxygens (including phenoxy) is 2. The van der Waals surface area contributed by atoms with Crippen LogP contribution in [0.2, 0.25) is 0 Å². The number of rotatable bonds is 6. The van der Waals surface area contributed by atoms with Crippen LogP contribution in [0.4, 0.5) is 0 Å². The number of para-hydroxylation sites is 1. The van der Waals surface area contributed by atoms with Gasteiger partial charge in [0.15, 0.2) is 0 Å². The fourth-order valence-electron chi connectivity index (χ4n) is 1.50. The Balaban J connectivity index is 1.87. The van der Waals surface area contributed by atoms with Crippen molar-refractivity contribution >= 4 is 6.21 Å². The zero-order chi connectivity index (χ0) is 14.2. The highest BCUT2D eigenvalue weighted by atomic mass is 16.5. The molecule has 0 saturated heterocycles. The second kappa shape index (κ2) is 7.23. The minimum atomic E-state index is 0.0381. The summed E-state index contributed by atoms with van der Waals surface area (Å²) in [4.78, 5) is 12.5. The lowest BCUT2D eigenvalue weighted by molar-refractivity contribution is 0.297. The van der Waals surface area contributed by atoms with Crippen LogP contribution >= 0.6 is 0 Å². The summed E-state index contributed by atoms with van der Waals surface area (Å²) in [5.74, 6) is 0.846. The molecule has 1 atom stereocenters. The van der Waals surface area contributed by atoms with Gasteiger partial charge in [-0.05, 0) is 25.1 Å². The van der Waals surface area contributed by atoms with Gasteiger partial charge in [0.2, 0.25) is 0 Å². The highest BCUT2D eigenvalue weighted by Gasteiger charge is 2.01. The molecule has 2 aromatic rings. The van der Waals surface area contributed by atoms with Gasteiger partial charge in [-0.3, -0.25) is 4.99 Å². The van der Waals surface area contributed by atoms with E-state index in [4.69, 9.17) is 9.47 Å². The van der Waals surface area contributed by atoms with E-state index in [1.807, 2.05) is 37.3 Å². The van der Waals surface area contributed by atoms with Crippen molar-refractivity contribution in [2.75, 3.05) is 13.7 Å². The Hall–Kier alpha value is -2.43. The molecule has 0 saturated carbocycles. The van der Waals surface area contributed by atoms with E-state index >= 15 is 0 Å². The van der Waals surface area contributed by atoms with E-state index < -0.39 is 0 Å². The molecule has 0 fully saturated rings. The molecule has 1 unspecified atom stereocenters. The molecule has 5 nitrogen and oxygen atoms in total. The maximum atomic E-state index is 5.63. The molecule has 0 bridgehead atoms. The van der Waals surface area contributed by atoms with Crippen molar-refractivity contribution in [2.45, 2.75) is 13.0 Å². The largest absolute Gasteiger partial charge is 0.491 e. The zero-order valence-corrected chi connectivity index (χ0v) is 11.6. The SMILES string of the molecule is COc1nccc(C=NC(C)COc2ccccc2)n1. The first-order chi connectivity index (χ1) is 9.78. The third-order valence-electron chi connectivity index (χ3n) is 2.53. The van der Waals surface area contributed by atoms with Crippen molar-refractivity contribution < 1.29 is 9.47 Å². The van der Waals surface area contributed by atoms with Crippen LogP contribution in [0.5, 0.6) is 11.8 Å². The summed E-state index contributed by atoms with van der Waals surface area (Å²) >= 11 is 0. The average molecular weight is 271 g/mol. The van der Waals surface area contributed by atoms with Gasteiger partial charge < -0.3 is 9.47 Å². The molecule has 0 radical (unpaired) electrons. The number of methoxy groups -OCH3 is 1. The van der Waals surface area contributed by atoms with Crippen molar-refractivity contribution in [1.29, 1.82) is 0 Å². The van der Waals surface area contributed by atoms with Gasteiger partial charge in [-0.25, -0.2) is 4.98 Å². The minimum absolute atomic E-state index is 0.0381. The summed E-state index contributed by atoms with van der Waals surface area (Å²) in [6.07, 6.45) is 3.33. The molecule has 0 aliphatic rings. The molecule has 1 aromatic carbocycles. The van der Waals surface area contributed by atoms with Crippen molar-refractivity contribution in [3.8, 4) is 11.8 Å². The normalized spacial score (nSPS) is 12.3. The molecule has 104 valence electrons. The quantitative estimate of drug-likeness (QED) is 0.757. The highest BCUT2D eigenvalue weighted by Crippen LogP contribution is 2.09. The number of benzene rings is 1. The molecule has 0 amide bonds. The molecule has 1 heterocycles. The van der Waals surface area contributed by atoms with Crippen molar-refractivity contribution in [3.05, 3.63) is 48.3 Å². The maximum absolute atomic E-state index is 5.63. The third kappa shape index (κ3) is 4.35. The Morgan fingerprint density at radius 1 is 1.25 bits per heavy atom. The molecule has 0 aliphatic heterocycles. The van der Waals surface area contributed by atoms with Crippen molar-refractivity contribution in [3.63, 3.8) is 0 Å². The van der Waals surface area contributed by atoms with Gasteiger partial charge in [0.05, 0.1) is 18.8 Å². The fraction of sp³-hybridized carbons (Fsp3) is 0.267. The first kappa shape index (κ1) is 14.0. The molecule has 0 N–H and O–H groups in total. The Bertz CT molecular complexity index is 558. The van der Waals surface area contributed by atoms with Gasteiger partial charge in [-0.2, -0.15) is 4.98 Å². The second-order valence-electron chi connectivity index (χ2n) is 4.22. The van der Waals surface area contributed by atoms with Crippen LogP contribution in [0.1, 0.15) is 12.6 Å². The lowest BCUT2D eigenvalue weighted by Crippen LogP contribution is -2.12. The molecule has 0 spiro atoms. The summed E-state index contributed by atoms with van der Waals surface area (Å²) in [6, 6.07) is 11.8. The van der Waals surface area contributed by atoms with E-state index in [1.165, 1.54) is 7.11 Å². The van der Waals surface area contributed by atoms with Crippen LogP contribution in [0, 0.1) is 0 Å². The number of nitrogens with zero attached hydrogens (tertiary/aromatic N) is 3. The maximum Gasteiger partial charge on any atom is 0.316 e. The van der Waals surface area contributed by atoms with E-state index in [0.29, 0.717) is 18.3 Å². The Morgan fingerprint density at radius 3 is 2.80 bits per heavy atom. The Labute approximate surface area is 118 Å². The lowest BCUT2D eigenvalue weighted by Gasteiger charge is -2.08. The van der Waals surface area contributed by atoms with Gasteiger partial charge in [0.25, 0.3) is 0 Å². The van der Waals surface area contributed by atoms with E-state index in [0.717, 1.165) is 5.75 Å². The number of hydrogen-bond acceptors (Lipinski definition) is 5. The van der Waals surface area contributed by atoms with Crippen LogP contribution in [-0.2, 0) is 0 Å². The zero-order valence-electron chi connectivity index (χ0n) is 11.6. The van der Waals surface area contributed by atoms with Crippen LogP contribution in [0.15, 0.2) is 47.6 Å². The smallest absolute Gasteiger partial charge is 0.316 e. The van der Waals surface area contributed by atoms with Gasteiger partial charge in [-0.1, -0.05) is 18.2 Å². The van der Waals surface area contributed by atoms with Gasteiger partial charge >= 0.3 is 6.01 Å². The van der Waals surface area contributed by atoms with E-state index in [2.05, 4.69) is 15.0 Å². The molecular formula is C15H17N3O2. The second-order valence-corrected chi connectivity index (χ2v) is 4.22. The molecular weight excluding hydrogens is 254 g/mol. The summed E-state index contributed by atoms with van der Waals surface area (Å²) < 4.78 is 10.6. The number of aliphatic imine (C=N–C) groups is 1. The fourth-order valence-corrected chi connectivity index (χ4v) is 1.50. The monoisotopic (exact) mass is 271 g/mol. The summed E-state index contributed by atoms with van der Waals surface area (Å²) in [5.41, 5.74) is 0.711. The predicted molar refractivity (Wildman–Crippen MR) is 77.6 cm³/mol. The molecule has 0 aliphatic carbocycles. The molecule has 20 heavy (non-hydrogen) atoms.